The summed E-state index contributed by atoms with van der Waals surface area (Å²) < 4.78 is 33.3. The Morgan fingerprint density at radius 1 is 1.37 bits per heavy atom. The number of rotatable bonds is 9. The van der Waals surface area contributed by atoms with Crippen molar-refractivity contribution in [2.45, 2.75) is 26.2 Å². The summed E-state index contributed by atoms with van der Waals surface area (Å²) in [7, 11) is -1.61. The summed E-state index contributed by atoms with van der Waals surface area (Å²) >= 11 is 0. The zero-order chi connectivity index (χ0) is 14.1. The van der Waals surface area contributed by atoms with Crippen molar-refractivity contribution in [2.24, 2.45) is 5.92 Å². The second kappa shape index (κ2) is 8.86. The highest BCUT2D eigenvalue weighted by Crippen LogP contribution is 2.17. The average Bonchev–Trinajstić information content (AvgIpc) is 2.42. The number of nitrogens with zero attached hydrogens (tertiary/aromatic N) is 1. The molecular weight excluding hydrogens is 266 g/mol. The summed E-state index contributed by atoms with van der Waals surface area (Å²) in [6.45, 7) is 6.06. The Balaban J connectivity index is 2.36. The van der Waals surface area contributed by atoms with Gasteiger partial charge in [0.2, 0.25) is 0 Å². The molecule has 1 heterocycles. The van der Waals surface area contributed by atoms with Crippen molar-refractivity contribution >= 4 is 10.2 Å². The molecule has 19 heavy (non-hydrogen) atoms. The van der Waals surface area contributed by atoms with Gasteiger partial charge in [-0.3, -0.25) is 0 Å². The standard InChI is InChI=1S/C12H27N3O3S/c1-3-6-14-19(16,17)15-8-4-5-12(11-15)10-13-7-9-18-2/h12-14H,3-11H2,1-2H3. The summed E-state index contributed by atoms with van der Waals surface area (Å²) in [5.74, 6) is 0.392. The maximum Gasteiger partial charge on any atom is 0.279 e. The van der Waals surface area contributed by atoms with Crippen molar-refractivity contribution in [1.82, 2.24) is 14.3 Å². The molecule has 0 amide bonds. The Morgan fingerprint density at radius 3 is 2.84 bits per heavy atom. The quantitative estimate of drug-likeness (QED) is 0.595. The number of piperidine rings is 1. The van der Waals surface area contributed by atoms with Gasteiger partial charge in [-0.1, -0.05) is 6.92 Å². The van der Waals surface area contributed by atoms with Crippen LogP contribution in [-0.2, 0) is 14.9 Å². The molecule has 2 N–H and O–H groups in total. The van der Waals surface area contributed by atoms with Gasteiger partial charge in [-0.2, -0.15) is 12.7 Å². The van der Waals surface area contributed by atoms with Crippen molar-refractivity contribution in [3.8, 4) is 0 Å². The third kappa shape index (κ3) is 6.18. The first-order valence-electron chi connectivity index (χ1n) is 7.04. The van der Waals surface area contributed by atoms with Crippen molar-refractivity contribution in [1.29, 1.82) is 0 Å². The molecule has 0 saturated carbocycles. The van der Waals surface area contributed by atoms with E-state index in [4.69, 9.17) is 4.74 Å². The second-order valence-electron chi connectivity index (χ2n) is 4.96. The highest BCUT2D eigenvalue weighted by molar-refractivity contribution is 7.87. The normalized spacial score (nSPS) is 21.7. The summed E-state index contributed by atoms with van der Waals surface area (Å²) in [6, 6.07) is 0. The van der Waals surface area contributed by atoms with Crippen LogP contribution in [0, 0.1) is 5.92 Å². The summed E-state index contributed by atoms with van der Waals surface area (Å²) in [4.78, 5) is 0. The number of hydrogen-bond donors (Lipinski definition) is 2. The maximum atomic E-state index is 12.0. The average molecular weight is 293 g/mol. The van der Waals surface area contributed by atoms with Crippen LogP contribution in [0.3, 0.4) is 0 Å². The van der Waals surface area contributed by atoms with Crippen LogP contribution in [0.4, 0.5) is 0 Å². The Hall–Kier alpha value is -0.210. The van der Waals surface area contributed by atoms with Gasteiger partial charge < -0.3 is 10.1 Å². The molecule has 114 valence electrons. The van der Waals surface area contributed by atoms with Gasteiger partial charge in [-0.15, -0.1) is 0 Å². The highest BCUT2D eigenvalue weighted by Gasteiger charge is 2.28. The second-order valence-corrected chi connectivity index (χ2v) is 6.72. The van der Waals surface area contributed by atoms with Crippen LogP contribution >= 0.6 is 0 Å². The summed E-state index contributed by atoms with van der Waals surface area (Å²) in [6.07, 6.45) is 2.83. The molecule has 1 saturated heterocycles. The lowest BCUT2D eigenvalue weighted by Gasteiger charge is -2.32. The van der Waals surface area contributed by atoms with E-state index in [0.29, 0.717) is 32.2 Å². The number of nitrogens with one attached hydrogen (secondary N) is 2. The fraction of sp³-hybridized carbons (Fsp3) is 1.00. The third-order valence-corrected chi connectivity index (χ3v) is 4.85. The van der Waals surface area contributed by atoms with E-state index in [0.717, 1.165) is 32.4 Å². The fourth-order valence-electron chi connectivity index (χ4n) is 2.21. The number of ether oxygens (including phenoxy) is 1. The number of hydrogen-bond acceptors (Lipinski definition) is 4. The Bertz CT molecular complexity index is 335. The van der Waals surface area contributed by atoms with Crippen LogP contribution in [0.15, 0.2) is 0 Å². The molecule has 0 bridgehead atoms. The molecule has 1 fully saturated rings. The van der Waals surface area contributed by atoms with E-state index in [9.17, 15) is 8.42 Å². The van der Waals surface area contributed by atoms with Crippen molar-refractivity contribution in [3.63, 3.8) is 0 Å². The monoisotopic (exact) mass is 293 g/mol. The lowest BCUT2D eigenvalue weighted by molar-refractivity contribution is 0.193. The van der Waals surface area contributed by atoms with Gasteiger partial charge in [-0.05, 0) is 31.7 Å². The van der Waals surface area contributed by atoms with Gasteiger partial charge in [0.05, 0.1) is 6.61 Å². The minimum absolute atomic E-state index is 0.392. The SMILES string of the molecule is CCCNS(=O)(=O)N1CCCC(CNCCOC)C1. The largest absolute Gasteiger partial charge is 0.383 e. The highest BCUT2D eigenvalue weighted by atomic mass is 32.2. The van der Waals surface area contributed by atoms with Crippen LogP contribution in [0.2, 0.25) is 0 Å². The molecule has 0 aromatic heterocycles. The lowest BCUT2D eigenvalue weighted by Crippen LogP contribution is -2.47. The van der Waals surface area contributed by atoms with E-state index in [2.05, 4.69) is 10.0 Å². The minimum atomic E-state index is -3.28. The van der Waals surface area contributed by atoms with E-state index in [1.165, 1.54) is 0 Å². The first kappa shape index (κ1) is 16.8. The van der Waals surface area contributed by atoms with Crippen LogP contribution < -0.4 is 10.0 Å². The summed E-state index contributed by atoms with van der Waals surface area (Å²) in [5, 5.41) is 3.30. The van der Waals surface area contributed by atoms with Crippen molar-refractivity contribution in [2.75, 3.05) is 46.4 Å². The predicted octanol–water partition coefficient (Wildman–Crippen LogP) is 0.179. The molecule has 1 aliphatic rings. The van der Waals surface area contributed by atoms with E-state index >= 15 is 0 Å². The molecule has 0 spiro atoms. The van der Waals surface area contributed by atoms with Gasteiger partial charge >= 0.3 is 0 Å². The molecule has 1 aliphatic heterocycles. The van der Waals surface area contributed by atoms with Crippen LogP contribution in [0.1, 0.15) is 26.2 Å². The van der Waals surface area contributed by atoms with Crippen molar-refractivity contribution in [3.05, 3.63) is 0 Å². The lowest BCUT2D eigenvalue weighted by atomic mass is 10.00. The fourth-order valence-corrected chi connectivity index (χ4v) is 3.64. The first-order valence-corrected chi connectivity index (χ1v) is 8.48. The molecule has 6 nitrogen and oxygen atoms in total. The molecule has 0 aromatic carbocycles. The summed E-state index contributed by atoms with van der Waals surface area (Å²) in [5.41, 5.74) is 0. The van der Waals surface area contributed by atoms with Gasteiger partial charge in [0, 0.05) is 33.3 Å². The predicted molar refractivity (Wildman–Crippen MR) is 76.3 cm³/mol. The molecule has 7 heteroatoms. The van der Waals surface area contributed by atoms with Crippen LogP contribution in [0.25, 0.3) is 0 Å². The Labute approximate surface area is 117 Å². The molecular formula is C12H27N3O3S. The third-order valence-electron chi connectivity index (χ3n) is 3.27. The number of methoxy groups -OCH3 is 1. The molecule has 1 rings (SSSR count). The van der Waals surface area contributed by atoms with E-state index in [1.54, 1.807) is 11.4 Å². The van der Waals surface area contributed by atoms with Gasteiger partial charge in [-0.25, -0.2) is 4.72 Å². The molecule has 0 aliphatic carbocycles. The zero-order valence-corrected chi connectivity index (χ0v) is 12.8. The van der Waals surface area contributed by atoms with Gasteiger partial charge in [0.25, 0.3) is 10.2 Å². The zero-order valence-electron chi connectivity index (χ0n) is 12.0. The Morgan fingerprint density at radius 2 is 2.16 bits per heavy atom. The molecule has 1 atom stereocenters. The molecule has 1 unspecified atom stereocenters. The topological polar surface area (TPSA) is 70.7 Å². The minimum Gasteiger partial charge on any atom is -0.383 e. The van der Waals surface area contributed by atoms with E-state index in [1.807, 2.05) is 6.92 Å². The van der Waals surface area contributed by atoms with Crippen molar-refractivity contribution < 1.29 is 13.2 Å². The first-order chi connectivity index (χ1) is 9.10. The van der Waals surface area contributed by atoms with Crippen LogP contribution in [-0.4, -0.2) is 59.2 Å². The molecule has 0 aromatic rings. The Kier molecular flexibility index (Phi) is 7.86. The smallest absolute Gasteiger partial charge is 0.279 e. The van der Waals surface area contributed by atoms with Crippen LogP contribution in [0.5, 0.6) is 0 Å². The van der Waals surface area contributed by atoms with E-state index in [-0.39, 0.29) is 0 Å². The maximum absolute atomic E-state index is 12.0. The van der Waals surface area contributed by atoms with Gasteiger partial charge in [0.1, 0.15) is 0 Å². The van der Waals surface area contributed by atoms with E-state index < -0.39 is 10.2 Å². The van der Waals surface area contributed by atoms with Gasteiger partial charge in [0.15, 0.2) is 0 Å². The molecule has 0 radical (unpaired) electrons.